The molecule has 3 heteroatoms. The Morgan fingerprint density at radius 3 is 3.38 bits per heavy atom. The molecule has 1 aromatic heterocycles. The van der Waals surface area contributed by atoms with Crippen LogP contribution in [-0.2, 0) is 6.42 Å². The fourth-order valence-corrected chi connectivity index (χ4v) is 1.88. The van der Waals surface area contributed by atoms with Crippen molar-refractivity contribution in [2.45, 2.75) is 18.9 Å². The molecule has 1 aliphatic rings. The Kier molecular flexibility index (Phi) is 2.57. The van der Waals surface area contributed by atoms with Crippen molar-refractivity contribution in [3.05, 3.63) is 29.6 Å². The summed E-state index contributed by atoms with van der Waals surface area (Å²) in [5.74, 6) is 0. The smallest absolute Gasteiger partial charge is 0.0464 e. The van der Waals surface area contributed by atoms with Gasteiger partial charge in [0, 0.05) is 30.9 Å². The van der Waals surface area contributed by atoms with Gasteiger partial charge in [-0.25, -0.2) is 0 Å². The quantitative estimate of drug-likeness (QED) is 0.696. The van der Waals surface area contributed by atoms with Crippen LogP contribution in [0.25, 0.3) is 0 Å². The van der Waals surface area contributed by atoms with Crippen molar-refractivity contribution in [2.24, 2.45) is 5.73 Å². The Morgan fingerprint density at radius 1 is 1.62 bits per heavy atom. The number of pyridine rings is 1. The molecule has 1 aliphatic heterocycles. The van der Waals surface area contributed by atoms with E-state index in [0.717, 1.165) is 25.9 Å². The van der Waals surface area contributed by atoms with Crippen LogP contribution >= 0.6 is 0 Å². The number of fused-ring (bicyclic) bond motifs is 1. The molecule has 2 rings (SSSR count). The third-order valence-corrected chi connectivity index (χ3v) is 2.51. The van der Waals surface area contributed by atoms with Gasteiger partial charge in [0.2, 0.25) is 0 Å². The molecule has 0 saturated carbocycles. The molecular formula is C10H15N3. The second kappa shape index (κ2) is 3.85. The van der Waals surface area contributed by atoms with E-state index < -0.39 is 0 Å². The normalized spacial score (nSPS) is 21.2. The highest BCUT2D eigenvalue weighted by atomic mass is 14.9. The Morgan fingerprint density at radius 2 is 2.54 bits per heavy atom. The van der Waals surface area contributed by atoms with Gasteiger partial charge in [-0.3, -0.25) is 4.98 Å². The molecule has 0 aliphatic carbocycles. The van der Waals surface area contributed by atoms with Crippen LogP contribution in [0.2, 0.25) is 0 Å². The maximum absolute atomic E-state index is 5.56. The van der Waals surface area contributed by atoms with Crippen molar-refractivity contribution in [2.75, 3.05) is 13.1 Å². The molecule has 0 fully saturated rings. The average molecular weight is 177 g/mol. The molecule has 0 spiro atoms. The number of hydrogen-bond donors (Lipinski definition) is 2. The van der Waals surface area contributed by atoms with Gasteiger partial charge in [-0.1, -0.05) is 6.07 Å². The van der Waals surface area contributed by atoms with Gasteiger partial charge in [0.15, 0.2) is 0 Å². The van der Waals surface area contributed by atoms with Gasteiger partial charge in [-0.2, -0.15) is 0 Å². The van der Waals surface area contributed by atoms with Crippen LogP contribution < -0.4 is 11.1 Å². The number of nitrogens with one attached hydrogen (secondary N) is 1. The minimum Gasteiger partial charge on any atom is -0.330 e. The van der Waals surface area contributed by atoms with Crippen LogP contribution in [-0.4, -0.2) is 18.1 Å². The molecule has 0 bridgehead atoms. The largest absolute Gasteiger partial charge is 0.330 e. The van der Waals surface area contributed by atoms with E-state index in [1.54, 1.807) is 0 Å². The van der Waals surface area contributed by atoms with Gasteiger partial charge in [-0.15, -0.1) is 0 Å². The van der Waals surface area contributed by atoms with Gasteiger partial charge >= 0.3 is 0 Å². The third-order valence-electron chi connectivity index (χ3n) is 2.51. The van der Waals surface area contributed by atoms with Crippen molar-refractivity contribution in [3.63, 3.8) is 0 Å². The molecule has 3 N–H and O–H groups in total. The van der Waals surface area contributed by atoms with Crippen LogP contribution in [0.15, 0.2) is 18.3 Å². The summed E-state index contributed by atoms with van der Waals surface area (Å²) < 4.78 is 0. The van der Waals surface area contributed by atoms with Crippen LogP contribution in [0.1, 0.15) is 23.7 Å². The van der Waals surface area contributed by atoms with Gasteiger partial charge in [0.1, 0.15) is 0 Å². The fourth-order valence-electron chi connectivity index (χ4n) is 1.88. The van der Waals surface area contributed by atoms with Crippen LogP contribution in [0.5, 0.6) is 0 Å². The summed E-state index contributed by atoms with van der Waals surface area (Å²) in [5.41, 5.74) is 8.12. The van der Waals surface area contributed by atoms with E-state index >= 15 is 0 Å². The molecule has 0 radical (unpaired) electrons. The monoisotopic (exact) mass is 177 g/mol. The van der Waals surface area contributed by atoms with E-state index in [2.05, 4.69) is 16.4 Å². The lowest BCUT2D eigenvalue weighted by molar-refractivity contribution is 0.475. The van der Waals surface area contributed by atoms with E-state index in [0.29, 0.717) is 6.04 Å². The Balaban J connectivity index is 2.26. The number of rotatable bonds is 2. The lowest BCUT2D eigenvalue weighted by Gasteiger charge is -2.25. The first kappa shape index (κ1) is 8.66. The molecule has 1 unspecified atom stereocenters. The molecule has 13 heavy (non-hydrogen) atoms. The van der Waals surface area contributed by atoms with E-state index in [-0.39, 0.29) is 0 Å². The van der Waals surface area contributed by atoms with E-state index in [4.69, 9.17) is 5.73 Å². The highest BCUT2D eigenvalue weighted by molar-refractivity contribution is 5.26. The maximum atomic E-state index is 5.56. The van der Waals surface area contributed by atoms with Gasteiger partial charge < -0.3 is 11.1 Å². The van der Waals surface area contributed by atoms with Gasteiger partial charge in [0.25, 0.3) is 0 Å². The summed E-state index contributed by atoms with van der Waals surface area (Å²) in [6.07, 6.45) is 3.90. The van der Waals surface area contributed by atoms with Crippen molar-refractivity contribution in [1.82, 2.24) is 10.3 Å². The predicted octanol–water partition coefficient (Wildman–Crippen LogP) is 0.617. The Hall–Kier alpha value is -0.930. The summed E-state index contributed by atoms with van der Waals surface area (Å²) >= 11 is 0. The van der Waals surface area contributed by atoms with Crippen molar-refractivity contribution >= 4 is 0 Å². The van der Waals surface area contributed by atoms with Crippen LogP contribution in [0, 0.1) is 0 Å². The minimum atomic E-state index is 0.419. The first-order valence-electron chi connectivity index (χ1n) is 4.79. The summed E-state index contributed by atoms with van der Waals surface area (Å²) in [6.45, 7) is 1.75. The zero-order valence-electron chi connectivity index (χ0n) is 7.66. The highest BCUT2D eigenvalue weighted by Crippen LogP contribution is 2.22. The second-order valence-electron chi connectivity index (χ2n) is 3.37. The van der Waals surface area contributed by atoms with Crippen molar-refractivity contribution < 1.29 is 0 Å². The zero-order chi connectivity index (χ0) is 9.10. The minimum absolute atomic E-state index is 0.419. The van der Waals surface area contributed by atoms with Gasteiger partial charge in [0.05, 0.1) is 0 Å². The molecule has 0 saturated heterocycles. The number of nitrogens with zero attached hydrogens (tertiary/aromatic N) is 1. The molecule has 1 atom stereocenters. The summed E-state index contributed by atoms with van der Waals surface area (Å²) in [6, 6.07) is 4.56. The summed E-state index contributed by atoms with van der Waals surface area (Å²) in [7, 11) is 0. The first-order valence-corrected chi connectivity index (χ1v) is 4.79. The van der Waals surface area contributed by atoms with E-state index in [1.165, 1.54) is 11.3 Å². The standard InChI is InChI=1S/C10H15N3/c11-5-3-9-8-2-1-6-12-10(8)4-7-13-9/h1-2,6,9,13H,3-5,7,11H2. The summed E-state index contributed by atoms with van der Waals surface area (Å²) in [4.78, 5) is 4.37. The topological polar surface area (TPSA) is 50.9 Å². The predicted molar refractivity (Wildman–Crippen MR) is 52.4 cm³/mol. The molecule has 0 amide bonds. The average Bonchev–Trinajstić information content (AvgIpc) is 2.19. The molecule has 1 aromatic rings. The van der Waals surface area contributed by atoms with E-state index in [9.17, 15) is 0 Å². The SMILES string of the molecule is NCCC1NCCc2ncccc21. The molecule has 3 nitrogen and oxygen atoms in total. The Bertz CT molecular complexity index is 285. The molecule has 0 aromatic carbocycles. The molecule has 70 valence electrons. The number of aromatic nitrogens is 1. The number of nitrogens with two attached hydrogens (primary N) is 1. The summed E-state index contributed by atoms with van der Waals surface area (Å²) in [5, 5.41) is 3.46. The van der Waals surface area contributed by atoms with Gasteiger partial charge in [-0.05, 0) is 24.6 Å². The van der Waals surface area contributed by atoms with Crippen LogP contribution in [0.3, 0.4) is 0 Å². The fraction of sp³-hybridized carbons (Fsp3) is 0.500. The molecule has 2 heterocycles. The van der Waals surface area contributed by atoms with E-state index in [1.807, 2.05) is 12.3 Å². The third kappa shape index (κ3) is 1.71. The van der Waals surface area contributed by atoms with Crippen molar-refractivity contribution in [1.29, 1.82) is 0 Å². The second-order valence-corrected chi connectivity index (χ2v) is 3.37. The lowest BCUT2D eigenvalue weighted by Crippen LogP contribution is -2.31. The highest BCUT2D eigenvalue weighted by Gasteiger charge is 2.18. The van der Waals surface area contributed by atoms with Crippen LogP contribution in [0.4, 0.5) is 0 Å². The Labute approximate surface area is 78.4 Å². The van der Waals surface area contributed by atoms with Crippen molar-refractivity contribution in [3.8, 4) is 0 Å². The zero-order valence-corrected chi connectivity index (χ0v) is 7.66. The molecular weight excluding hydrogens is 162 g/mol. The number of hydrogen-bond acceptors (Lipinski definition) is 3. The first-order chi connectivity index (χ1) is 6.42. The lowest BCUT2D eigenvalue weighted by atomic mass is 9.97. The maximum Gasteiger partial charge on any atom is 0.0464 e.